The van der Waals surface area contributed by atoms with Gasteiger partial charge in [-0.25, -0.2) is 0 Å². The summed E-state index contributed by atoms with van der Waals surface area (Å²) in [7, 11) is 0. The van der Waals surface area contributed by atoms with Crippen LogP contribution in [0.3, 0.4) is 0 Å². The van der Waals surface area contributed by atoms with E-state index < -0.39 is 11.7 Å². The van der Waals surface area contributed by atoms with Gasteiger partial charge in [0.2, 0.25) is 0 Å². The van der Waals surface area contributed by atoms with E-state index in [2.05, 4.69) is 33.3 Å². The Hall–Kier alpha value is -1.87. The minimum atomic E-state index is -4.37. The maximum atomic E-state index is 13.5. The number of nitrogens with zero attached hydrogens (tertiary/aromatic N) is 2. The Bertz CT molecular complexity index is 911. The van der Waals surface area contributed by atoms with Crippen molar-refractivity contribution in [3.63, 3.8) is 0 Å². The van der Waals surface area contributed by atoms with Crippen molar-refractivity contribution in [2.45, 2.75) is 43.7 Å². The molecule has 0 aromatic heterocycles. The summed E-state index contributed by atoms with van der Waals surface area (Å²) in [6, 6.07) is 4.19. The third kappa shape index (κ3) is 5.05. The molecule has 2 N–H and O–H groups in total. The number of ether oxygens (including phenoxy) is 1. The number of hydrogen-bond donors (Lipinski definition) is 2. The number of benzene rings is 1. The van der Waals surface area contributed by atoms with Gasteiger partial charge in [0, 0.05) is 68.4 Å². The molecule has 1 aliphatic carbocycles. The molecule has 0 spiro atoms. The van der Waals surface area contributed by atoms with Crippen molar-refractivity contribution < 1.29 is 23.0 Å². The number of alkyl halides is 3. The maximum Gasteiger partial charge on any atom is 0.416 e. The van der Waals surface area contributed by atoms with Gasteiger partial charge in [-0.05, 0) is 37.5 Å². The second kappa shape index (κ2) is 10.0. The summed E-state index contributed by atoms with van der Waals surface area (Å²) in [5.41, 5.74) is 0.792. The highest BCUT2D eigenvalue weighted by Gasteiger charge is 2.45. The SMILES string of the molecule is OCCN1CCN(C[C@H]2CC[C@@H]3[C@H](O2)c2cc(C(F)(F)F)ccc2N[C@H]3C2C=CC=CC2)CC1. The van der Waals surface area contributed by atoms with Crippen LogP contribution in [-0.2, 0) is 10.9 Å². The van der Waals surface area contributed by atoms with Gasteiger partial charge in [0.25, 0.3) is 0 Å². The van der Waals surface area contributed by atoms with Crippen LogP contribution in [0.2, 0.25) is 0 Å². The molecule has 3 heterocycles. The Morgan fingerprint density at radius 1 is 1.06 bits per heavy atom. The zero-order valence-electron chi connectivity index (χ0n) is 19.4. The molecule has 2 fully saturated rings. The molecule has 1 aromatic carbocycles. The Kier molecular flexibility index (Phi) is 7.02. The third-order valence-electron chi connectivity index (χ3n) is 7.84. The number of nitrogens with one attached hydrogen (secondary N) is 1. The summed E-state index contributed by atoms with van der Waals surface area (Å²) in [6.07, 6.45) is 6.55. The molecule has 1 aromatic rings. The van der Waals surface area contributed by atoms with Crippen LogP contribution in [0.5, 0.6) is 0 Å². The topological polar surface area (TPSA) is 48.0 Å². The van der Waals surface area contributed by atoms with E-state index in [9.17, 15) is 13.2 Å². The molecular formula is C26H34F3N3O2. The Labute approximate surface area is 199 Å². The predicted octanol–water partition coefficient (Wildman–Crippen LogP) is 4.08. The van der Waals surface area contributed by atoms with E-state index in [0.29, 0.717) is 18.0 Å². The molecule has 3 aliphatic heterocycles. The average molecular weight is 478 g/mol. The van der Waals surface area contributed by atoms with Crippen LogP contribution >= 0.6 is 0 Å². The summed E-state index contributed by atoms with van der Waals surface area (Å²) in [5.74, 6) is 0.433. The van der Waals surface area contributed by atoms with Crippen LogP contribution in [0.1, 0.15) is 36.5 Å². The molecule has 34 heavy (non-hydrogen) atoms. The normalized spacial score (nSPS) is 32.2. The number of anilines is 1. The Morgan fingerprint density at radius 2 is 1.85 bits per heavy atom. The number of hydrogen-bond acceptors (Lipinski definition) is 5. The standard InChI is InChI=1S/C26H34F3N3O2/c27-26(28,29)19-6-9-23-22(16-19)25-21(24(30-23)18-4-2-1-3-5-18)8-7-20(34-25)17-32-12-10-31(11-13-32)14-15-33/h1-4,6,9,16,18,20-21,24-25,30,33H,5,7-8,10-15,17H2/t18?,20-,21+,24+,25+/m1/s1. The monoisotopic (exact) mass is 477 g/mol. The van der Waals surface area contributed by atoms with E-state index in [0.717, 1.165) is 57.7 Å². The molecule has 0 bridgehead atoms. The highest BCUT2D eigenvalue weighted by Crippen LogP contribution is 2.49. The van der Waals surface area contributed by atoms with Crippen LogP contribution in [0.4, 0.5) is 18.9 Å². The molecule has 186 valence electrons. The molecule has 5 atom stereocenters. The smallest absolute Gasteiger partial charge is 0.395 e. The molecule has 0 radical (unpaired) electrons. The lowest BCUT2D eigenvalue weighted by Gasteiger charge is -2.48. The highest BCUT2D eigenvalue weighted by atomic mass is 19.4. The molecular weight excluding hydrogens is 443 g/mol. The number of aliphatic hydroxyl groups excluding tert-OH is 1. The molecule has 5 rings (SSSR count). The first kappa shape index (κ1) is 23.9. The molecule has 0 amide bonds. The number of β-amino-alcohol motifs (C(OH)–C–C–N with tert-alkyl or cyclic N) is 1. The molecule has 1 unspecified atom stereocenters. The number of halogens is 3. The van der Waals surface area contributed by atoms with Gasteiger partial charge < -0.3 is 15.2 Å². The first-order valence-electron chi connectivity index (χ1n) is 12.4. The number of fused-ring (bicyclic) bond motifs is 3. The largest absolute Gasteiger partial charge is 0.416 e. The summed E-state index contributed by atoms with van der Waals surface area (Å²) < 4.78 is 47.2. The first-order valence-corrected chi connectivity index (χ1v) is 12.4. The van der Waals surface area contributed by atoms with Gasteiger partial charge in [-0.15, -0.1) is 0 Å². The van der Waals surface area contributed by atoms with Crippen LogP contribution in [0, 0.1) is 11.8 Å². The highest BCUT2D eigenvalue weighted by molar-refractivity contribution is 5.58. The van der Waals surface area contributed by atoms with E-state index >= 15 is 0 Å². The zero-order chi connectivity index (χ0) is 23.7. The first-order chi connectivity index (χ1) is 16.4. The van der Waals surface area contributed by atoms with Crippen molar-refractivity contribution >= 4 is 5.69 Å². The number of rotatable bonds is 5. The molecule has 2 saturated heterocycles. The second-order valence-corrected chi connectivity index (χ2v) is 9.97. The Morgan fingerprint density at radius 3 is 2.56 bits per heavy atom. The fourth-order valence-electron chi connectivity index (χ4n) is 6.02. The van der Waals surface area contributed by atoms with Gasteiger partial charge in [0.05, 0.1) is 24.4 Å². The van der Waals surface area contributed by atoms with Crippen molar-refractivity contribution in [2.75, 3.05) is 51.2 Å². The number of allylic oxidation sites excluding steroid dienone is 3. The quantitative estimate of drug-likeness (QED) is 0.670. The van der Waals surface area contributed by atoms with Crippen molar-refractivity contribution in [2.24, 2.45) is 11.8 Å². The van der Waals surface area contributed by atoms with Crippen molar-refractivity contribution in [3.8, 4) is 0 Å². The fourth-order valence-corrected chi connectivity index (χ4v) is 6.02. The summed E-state index contributed by atoms with van der Waals surface area (Å²) in [6.45, 7) is 5.37. The summed E-state index contributed by atoms with van der Waals surface area (Å²) in [5, 5.41) is 12.8. The molecule has 4 aliphatic rings. The van der Waals surface area contributed by atoms with E-state index in [1.807, 2.05) is 6.08 Å². The second-order valence-electron chi connectivity index (χ2n) is 9.97. The van der Waals surface area contributed by atoms with Gasteiger partial charge in [0.1, 0.15) is 0 Å². The minimum absolute atomic E-state index is 0.00794. The molecule has 5 nitrogen and oxygen atoms in total. The van der Waals surface area contributed by atoms with Gasteiger partial charge in [0.15, 0.2) is 0 Å². The van der Waals surface area contributed by atoms with E-state index in [-0.39, 0.29) is 30.8 Å². The van der Waals surface area contributed by atoms with Crippen LogP contribution in [-0.4, -0.2) is 72.9 Å². The van der Waals surface area contributed by atoms with Crippen molar-refractivity contribution in [1.82, 2.24) is 9.80 Å². The van der Waals surface area contributed by atoms with Gasteiger partial charge in [-0.1, -0.05) is 24.3 Å². The van der Waals surface area contributed by atoms with E-state index in [1.165, 1.54) is 12.1 Å². The predicted molar refractivity (Wildman–Crippen MR) is 126 cm³/mol. The fraction of sp³-hybridized carbons (Fsp3) is 0.615. The van der Waals surface area contributed by atoms with Gasteiger partial charge >= 0.3 is 6.18 Å². The summed E-state index contributed by atoms with van der Waals surface area (Å²) in [4.78, 5) is 4.64. The zero-order valence-corrected chi connectivity index (χ0v) is 19.4. The van der Waals surface area contributed by atoms with Gasteiger partial charge in [-0.3, -0.25) is 9.80 Å². The maximum absolute atomic E-state index is 13.5. The van der Waals surface area contributed by atoms with Crippen molar-refractivity contribution in [1.29, 1.82) is 0 Å². The number of piperazine rings is 1. The van der Waals surface area contributed by atoms with Crippen molar-refractivity contribution in [3.05, 3.63) is 53.6 Å². The van der Waals surface area contributed by atoms with E-state index in [1.54, 1.807) is 6.07 Å². The Balaban J connectivity index is 1.35. The molecule has 0 saturated carbocycles. The lowest BCUT2D eigenvalue weighted by Crippen LogP contribution is -2.52. The third-order valence-corrected chi connectivity index (χ3v) is 7.84. The van der Waals surface area contributed by atoms with E-state index in [4.69, 9.17) is 9.84 Å². The minimum Gasteiger partial charge on any atom is -0.395 e. The lowest BCUT2D eigenvalue weighted by molar-refractivity contribution is -0.138. The lowest BCUT2D eigenvalue weighted by atomic mass is 9.73. The van der Waals surface area contributed by atoms with Gasteiger partial charge in [-0.2, -0.15) is 13.2 Å². The summed E-state index contributed by atoms with van der Waals surface area (Å²) >= 11 is 0. The van der Waals surface area contributed by atoms with Crippen LogP contribution in [0.15, 0.2) is 42.5 Å². The van der Waals surface area contributed by atoms with Crippen LogP contribution in [0.25, 0.3) is 0 Å². The molecule has 8 heteroatoms. The average Bonchev–Trinajstić information content (AvgIpc) is 2.84. The van der Waals surface area contributed by atoms with Crippen LogP contribution < -0.4 is 5.32 Å². The number of aliphatic hydroxyl groups is 1.